The van der Waals surface area contributed by atoms with Crippen LogP contribution in [0, 0.1) is 24.1 Å². The molecule has 45 heavy (non-hydrogen) atoms. The lowest BCUT2D eigenvalue weighted by molar-refractivity contribution is -0.143. The molecule has 0 aromatic heterocycles. The molecule has 2 aromatic carbocycles. The van der Waals surface area contributed by atoms with E-state index in [-0.39, 0.29) is 43.1 Å². The van der Waals surface area contributed by atoms with Crippen LogP contribution in [-0.2, 0) is 16.2 Å². The van der Waals surface area contributed by atoms with E-state index in [2.05, 4.69) is 39.5 Å². The number of aliphatic carboxylic acids is 1. The summed E-state index contributed by atoms with van der Waals surface area (Å²) >= 11 is 0. The number of aliphatic hydroxyl groups is 1. The first-order valence-corrected chi connectivity index (χ1v) is 16.5. The zero-order valence-corrected chi connectivity index (χ0v) is 27.8. The molecule has 1 amide bonds. The van der Waals surface area contributed by atoms with Crippen molar-refractivity contribution in [3.63, 3.8) is 0 Å². The maximum Gasteiger partial charge on any atom is 0.308 e. The molecule has 1 saturated heterocycles. The predicted molar refractivity (Wildman–Crippen MR) is 173 cm³/mol. The molecule has 2 aliphatic heterocycles. The monoisotopic (exact) mass is 626 g/mol. The highest BCUT2D eigenvalue weighted by atomic mass is 19.1. The Morgan fingerprint density at radius 2 is 1.80 bits per heavy atom. The summed E-state index contributed by atoms with van der Waals surface area (Å²) in [6, 6.07) is 8.03. The zero-order valence-electron chi connectivity index (χ0n) is 27.8. The van der Waals surface area contributed by atoms with Crippen molar-refractivity contribution in [3.8, 4) is 11.5 Å². The fourth-order valence-corrected chi connectivity index (χ4v) is 7.52. The molecule has 1 fully saturated rings. The second-order valence-corrected chi connectivity index (χ2v) is 13.6. The van der Waals surface area contributed by atoms with Crippen molar-refractivity contribution in [2.24, 2.45) is 11.3 Å². The predicted octanol–water partition coefficient (Wildman–Crippen LogP) is 7.04. The number of rotatable bonds is 15. The van der Waals surface area contributed by atoms with Crippen LogP contribution in [0.5, 0.6) is 11.5 Å². The van der Waals surface area contributed by atoms with Gasteiger partial charge in [0.15, 0.2) is 11.5 Å². The van der Waals surface area contributed by atoms with Crippen molar-refractivity contribution >= 4 is 17.6 Å². The van der Waals surface area contributed by atoms with Crippen molar-refractivity contribution in [1.82, 2.24) is 4.90 Å². The number of hydrogen-bond acceptors (Lipinski definition) is 6. The number of carboxylic acid groups (broad SMARTS) is 1. The second kappa shape index (κ2) is 14.9. The number of carboxylic acids is 1. The Bertz CT molecular complexity index is 1340. The molecule has 0 unspecified atom stereocenters. The molecule has 8 nitrogen and oxygen atoms in total. The Kier molecular flexibility index (Phi) is 11.5. The average molecular weight is 627 g/mol. The van der Waals surface area contributed by atoms with E-state index in [1.165, 1.54) is 6.07 Å². The van der Waals surface area contributed by atoms with Gasteiger partial charge in [-0.15, -0.1) is 0 Å². The lowest BCUT2D eigenvalue weighted by Crippen LogP contribution is -2.48. The van der Waals surface area contributed by atoms with Crippen molar-refractivity contribution in [1.29, 1.82) is 0 Å². The quantitative estimate of drug-likeness (QED) is 0.219. The summed E-state index contributed by atoms with van der Waals surface area (Å²) in [4.78, 5) is 31.5. The largest absolute Gasteiger partial charge is 0.481 e. The second-order valence-electron chi connectivity index (χ2n) is 13.6. The summed E-state index contributed by atoms with van der Waals surface area (Å²) in [5, 5.41) is 20.8. The minimum absolute atomic E-state index is 0.0443. The molecule has 2 heterocycles. The number of ether oxygens (including phenoxy) is 2. The summed E-state index contributed by atoms with van der Waals surface area (Å²) in [6.45, 7) is 12.6. The maximum atomic E-state index is 14.5. The highest BCUT2D eigenvalue weighted by Crippen LogP contribution is 2.46. The van der Waals surface area contributed by atoms with Gasteiger partial charge in [-0.05, 0) is 79.5 Å². The smallest absolute Gasteiger partial charge is 0.308 e. The number of amides is 1. The van der Waals surface area contributed by atoms with Crippen LogP contribution >= 0.6 is 0 Å². The van der Waals surface area contributed by atoms with Crippen LogP contribution in [0.2, 0.25) is 0 Å². The fraction of sp³-hybridized carbons (Fsp3) is 0.611. The van der Waals surface area contributed by atoms with Gasteiger partial charge in [0.25, 0.3) is 0 Å². The van der Waals surface area contributed by atoms with E-state index in [9.17, 15) is 24.2 Å². The number of anilines is 1. The van der Waals surface area contributed by atoms with Crippen LogP contribution in [0.25, 0.3) is 0 Å². The van der Waals surface area contributed by atoms with Crippen molar-refractivity contribution in [2.45, 2.75) is 111 Å². The number of nitrogens with zero attached hydrogens (tertiary/aromatic N) is 2. The van der Waals surface area contributed by atoms with Crippen molar-refractivity contribution in [2.75, 3.05) is 24.8 Å². The summed E-state index contributed by atoms with van der Waals surface area (Å²) in [5.41, 5.74) is 2.31. The van der Waals surface area contributed by atoms with Crippen LogP contribution in [0.15, 0.2) is 30.3 Å². The molecule has 4 rings (SSSR count). The molecule has 0 saturated carbocycles. The normalized spacial score (nSPS) is 19.8. The van der Waals surface area contributed by atoms with Gasteiger partial charge >= 0.3 is 5.97 Å². The van der Waals surface area contributed by atoms with Crippen molar-refractivity contribution < 1.29 is 33.7 Å². The van der Waals surface area contributed by atoms with Gasteiger partial charge in [0.05, 0.1) is 19.1 Å². The number of likely N-dealkylation sites (tertiary alicyclic amines) is 1. The van der Waals surface area contributed by atoms with Gasteiger partial charge in [0, 0.05) is 35.8 Å². The lowest BCUT2D eigenvalue weighted by Gasteiger charge is -2.37. The van der Waals surface area contributed by atoms with Gasteiger partial charge < -0.3 is 24.6 Å². The zero-order chi connectivity index (χ0) is 32.9. The third-order valence-electron chi connectivity index (χ3n) is 9.53. The van der Waals surface area contributed by atoms with Gasteiger partial charge in [0.2, 0.25) is 12.7 Å². The van der Waals surface area contributed by atoms with Gasteiger partial charge in [-0.25, -0.2) is 4.39 Å². The Balaban J connectivity index is 1.76. The number of halogens is 1. The van der Waals surface area contributed by atoms with Crippen LogP contribution in [0.4, 0.5) is 10.1 Å². The minimum atomic E-state index is -0.906. The number of carbonyl (C=O) groups excluding carboxylic acids is 1. The Morgan fingerprint density at radius 3 is 2.40 bits per heavy atom. The van der Waals surface area contributed by atoms with E-state index in [0.717, 1.165) is 44.1 Å². The number of benzene rings is 2. The number of hydrogen-bond donors (Lipinski definition) is 2. The standard InChI is InChI=1S/C36H51FN2O6/c1-7-10-26(11-8-2)39(27-12-13-29(37)23(4)15-27)32(41)20-38-19-28(24-16-25(21-40)34-31(17-24)44-22-45-34)33(35(42)43)30(38)18-36(5,6)14-9-3/h12-13,15-17,26,28,30,33,40H,7-11,14,18-22H2,1-6H3,(H,42,43)/t28-,30+,33-/m1/s1. The molecule has 0 radical (unpaired) electrons. The average Bonchev–Trinajstić information content (AvgIpc) is 3.59. The fourth-order valence-electron chi connectivity index (χ4n) is 7.52. The van der Waals surface area contributed by atoms with Crippen molar-refractivity contribution in [3.05, 3.63) is 52.8 Å². The first-order valence-electron chi connectivity index (χ1n) is 16.5. The molecule has 3 atom stereocenters. The van der Waals surface area contributed by atoms with E-state index < -0.39 is 23.8 Å². The van der Waals surface area contributed by atoms with Gasteiger partial charge in [0.1, 0.15) is 5.82 Å². The summed E-state index contributed by atoms with van der Waals surface area (Å²) in [5.74, 6) is -1.55. The summed E-state index contributed by atoms with van der Waals surface area (Å²) in [6.07, 6.45) is 5.92. The molecule has 0 spiro atoms. The molecule has 2 N–H and O–H groups in total. The van der Waals surface area contributed by atoms with Crippen LogP contribution in [0.3, 0.4) is 0 Å². The molecular weight excluding hydrogens is 575 g/mol. The lowest BCUT2D eigenvalue weighted by atomic mass is 9.76. The van der Waals surface area contributed by atoms with E-state index >= 15 is 0 Å². The highest BCUT2D eigenvalue weighted by Gasteiger charge is 2.49. The van der Waals surface area contributed by atoms with Gasteiger partial charge in [-0.3, -0.25) is 14.5 Å². The Hall–Kier alpha value is -3.17. The number of carbonyl (C=O) groups is 2. The molecule has 0 bridgehead atoms. The Labute approximate surface area is 267 Å². The molecule has 248 valence electrons. The van der Waals surface area contributed by atoms with E-state index in [0.29, 0.717) is 41.3 Å². The van der Waals surface area contributed by atoms with Gasteiger partial charge in [-0.2, -0.15) is 0 Å². The number of aryl methyl sites for hydroxylation is 1. The van der Waals surface area contributed by atoms with E-state index in [1.807, 2.05) is 17.0 Å². The van der Waals surface area contributed by atoms with Crippen LogP contribution in [0.1, 0.15) is 102 Å². The minimum Gasteiger partial charge on any atom is -0.481 e. The number of aliphatic hydroxyl groups excluding tert-OH is 1. The molecular formula is C36H51FN2O6. The summed E-state index contributed by atoms with van der Waals surface area (Å²) < 4.78 is 25.5. The SMILES string of the molecule is CCCC(CCC)N(C(=O)CN1C[C@H](c2cc(CO)c3c(c2)OCO3)[C@@H](C(=O)O)[C@@H]1CC(C)(C)CCC)c1ccc(F)c(C)c1. The third kappa shape index (κ3) is 7.80. The molecule has 9 heteroatoms. The molecule has 2 aliphatic rings. The van der Waals surface area contributed by atoms with Crippen LogP contribution < -0.4 is 14.4 Å². The van der Waals surface area contributed by atoms with E-state index in [4.69, 9.17) is 9.47 Å². The number of fused-ring (bicyclic) bond motifs is 1. The van der Waals surface area contributed by atoms with Crippen LogP contribution in [-0.4, -0.2) is 59.0 Å². The van der Waals surface area contributed by atoms with Gasteiger partial charge in [-0.1, -0.05) is 53.9 Å². The molecule has 2 aromatic rings. The first-order chi connectivity index (χ1) is 21.4. The molecule has 0 aliphatic carbocycles. The first kappa shape index (κ1) is 34.7. The summed E-state index contributed by atoms with van der Waals surface area (Å²) in [7, 11) is 0. The Morgan fingerprint density at radius 1 is 1.09 bits per heavy atom. The maximum absolute atomic E-state index is 14.5. The van der Waals surface area contributed by atoms with E-state index in [1.54, 1.807) is 19.1 Å². The third-order valence-corrected chi connectivity index (χ3v) is 9.53. The highest BCUT2D eigenvalue weighted by molar-refractivity contribution is 5.95. The topological polar surface area (TPSA) is 99.5 Å².